The summed E-state index contributed by atoms with van der Waals surface area (Å²) in [6, 6.07) is 23.1. The lowest BCUT2D eigenvalue weighted by Gasteiger charge is -2.32. The molecule has 0 radical (unpaired) electrons. The molecule has 3 rings (SSSR count). The second-order valence-corrected chi connectivity index (χ2v) is 9.29. The van der Waals surface area contributed by atoms with Crippen molar-refractivity contribution in [2.75, 3.05) is 6.61 Å². The normalized spacial score (nSPS) is 12.5. The maximum Gasteiger partial charge on any atom is 0.261 e. The molecule has 184 valence electrons. The number of nitrogens with zero attached hydrogens (tertiary/aromatic N) is 1. The van der Waals surface area contributed by atoms with Gasteiger partial charge in [-0.1, -0.05) is 78.7 Å². The van der Waals surface area contributed by atoms with E-state index in [2.05, 4.69) is 5.32 Å². The largest absolute Gasteiger partial charge is 0.484 e. The highest BCUT2D eigenvalue weighted by Crippen LogP contribution is 2.20. The average Bonchev–Trinajstić information content (AvgIpc) is 2.85. The molecule has 2 atom stereocenters. The Balaban J connectivity index is 1.91. The smallest absolute Gasteiger partial charge is 0.261 e. The molecule has 0 spiro atoms. The van der Waals surface area contributed by atoms with Crippen molar-refractivity contribution in [2.24, 2.45) is 0 Å². The van der Waals surface area contributed by atoms with Gasteiger partial charge in [0, 0.05) is 29.1 Å². The van der Waals surface area contributed by atoms with E-state index in [1.54, 1.807) is 41.3 Å². The van der Waals surface area contributed by atoms with Crippen LogP contribution in [0.3, 0.4) is 0 Å². The van der Waals surface area contributed by atoms with Gasteiger partial charge in [0.15, 0.2) is 6.61 Å². The minimum absolute atomic E-state index is 0.0217. The van der Waals surface area contributed by atoms with Crippen molar-refractivity contribution in [3.63, 3.8) is 0 Å². The fourth-order valence-electron chi connectivity index (χ4n) is 3.61. The number of carbonyl (C=O) groups excluding carboxylic acids is 2. The quantitative estimate of drug-likeness (QED) is 0.346. The molecule has 7 heteroatoms. The molecule has 0 aliphatic rings. The predicted molar refractivity (Wildman–Crippen MR) is 141 cm³/mol. The number of ether oxygens (including phenoxy) is 1. The fourth-order valence-corrected chi connectivity index (χ4v) is 4.01. The summed E-state index contributed by atoms with van der Waals surface area (Å²) in [5.74, 6) is -0.0382. The lowest BCUT2D eigenvalue weighted by molar-refractivity contribution is -0.143. The summed E-state index contributed by atoms with van der Waals surface area (Å²) in [6.45, 7) is 3.93. The van der Waals surface area contributed by atoms with Gasteiger partial charge in [0.2, 0.25) is 5.91 Å². The Morgan fingerprint density at radius 2 is 1.57 bits per heavy atom. The Bertz CT molecular complexity index is 1120. The van der Waals surface area contributed by atoms with Gasteiger partial charge in [-0.05, 0) is 54.8 Å². The average molecular weight is 513 g/mol. The van der Waals surface area contributed by atoms with Crippen LogP contribution in [0.1, 0.15) is 31.4 Å². The molecule has 0 unspecified atom stereocenters. The number of carbonyl (C=O) groups is 2. The molecule has 0 heterocycles. The molecular weight excluding hydrogens is 483 g/mol. The third-order valence-electron chi connectivity index (χ3n) is 5.67. The molecular formula is C28H30Cl2N2O3. The van der Waals surface area contributed by atoms with Gasteiger partial charge in [-0.15, -0.1) is 0 Å². The van der Waals surface area contributed by atoms with E-state index in [4.69, 9.17) is 27.9 Å². The minimum Gasteiger partial charge on any atom is -0.484 e. The first-order chi connectivity index (χ1) is 16.9. The van der Waals surface area contributed by atoms with Gasteiger partial charge < -0.3 is 15.0 Å². The summed E-state index contributed by atoms with van der Waals surface area (Å²) in [5.41, 5.74) is 1.78. The summed E-state index contributed by atoms with van der Waals surface area (Å²) in [6.07, 6.45) is 1.15. The van der Waals surface area contributed by atoms with E-state index in [0.29, 0.717) is 22.2 Å². The second-order valence-electron chi connectivity index (χ2n) is 8.42. The molecule has 2 amide bonds. The van der Waals surface area contributed by atoms with E-state index in [1.807, 2.05) is 56.3 Å². The third-order valence-corrected chi connectivity index (χ3v) is 6.14. The predicted octanol–water partition coefficient (Wildman–Crippen LogP) is 5.93. The lowest BCUT2D eigenvalue weighted by Crippen LogP contribution is -2.53. The van der Waals surface area contributed by atoms with E-state index in [0.717, 1.165) is 17.5 Å². The fraction of sp³-hybridized carbons (Fsp3) is 0.286. The van der Waals surface area contributed by atoms with Crippen LogP contribution < -0.4 is 10.1 Å². The summed E-state index contributed by atoms with van der Waals surface area (Å²) in [7, 11) is 0. The van der Waals surface area contributed by atoms with Crippen LogP contribution in [0.4, 0.5) is 0 Å². The summed E-state index contributed by atoms with van der Waals surface area (Å²) in [5, 5.41) is 4.12. The number of amides is 2. The molecule has 0 aromatic heterocycles. The SMILES string of the molecule is CC[C@@H](C)NC(=O)[C@H](Cc1ccccc1)N(Cc1cccc(Cl)c1)C(=O)COc1cccc(Cl)c1. The lowest BCUT2D eigenvalue weighted by atomic mass is 10.0. The molecule has 3 aromatic rings. The first kappa shape index (κ1) is 26.6. The van der Waals surface area contributed by atoms with Gasteiger partial charge in [-0.3, -0.25) is 9.59 Å². The van der Waals surface area contributed by atoms with Crippen molar-refractivity contribution >= 4 is 35.0 Å². The Kier molecular flexibility index (Phi) is 10.0. The van der Waals surface area contributed by atoms with Crippen LogP contribution in [0.25, 0.3) is 0 Å². The Hall–Kier alpha value is -3.02. The van der Waals surface area contributed by atoms with Crippen molar-refractivity contribution in [2.45, 2.75) is 45.3 Å². The van der Waals surface area contributed by atoms with Crippen LogP contribution in [0.2, 0.25) is 10.0 Å². The standard InChI is InChI=1S/C28H30Cl2N2O3/c1-3-20(2)31-28(34)26(16-21-9-5-4-6-10-21)32(18-22-11-7-12-23(29)15-22)27(33)19-35-25-14-8-13-24(30)17-25/h4-15,17,20,26H,3,16,18-19H2,1-2H3,(H,31,34)/t20-,26+/m1/s1. The van der Waals surface area contributed by atoms with Crippen LogP contribution >= 0.6 is 23.2 Å². The van der Waals surface area contributed by atoms with Gasteiger partial charge >= 0.3 is 0 Å². The van der Waals surface area contributed by atoms with E-state index >= 15 is 0 Å². The first-order valence-electron chi connectivity index (χ1n) is 11.6. The molecule has 5 nitrogen and oxygen atoms in total. The molecule has 0 fully saturated rings. The molecule has 1 N–H and O–H groups in total. The van der Waals surface area contributed by atoms with Gasteiger partial charge in [-0.2, -0.15) is 0 Å². The number of benzene rings is 3. The number of rotatable bonds is 11. The monoisotopic (exact) mass is 512 g/mol. The van der Waals surface area contributed by atoms with E-state index in [1.165, 1.54) is 0 Å². The van der Waals surface area contributed by atoms with Crippen LogP contribution in [-0.4, -0.2) is 35.4 Å². The minimum atomic E-state index is -0.735. The zero-order chi connectivity index (χ0) is 25.2. The Labute approximate surface area is 217 Å². The zero-order valence-electron chi connectivity index (χ0n) is 19.9. The number of nitrogens with one attached hydrogen (secondary N) is 1. The van der Waals surface area contributed by atoms with Crippen molar-refractivity contribution in [1.29, 1.82) is 0 Å². The summed E-state index contributed by atoms with van der Waals surface area (Å²) < 4.78 is 5.74. The van der Waals surface area contributed by atoms with Gasteiger partial charge in [0.25, 0.3) is 5.91 Å². The molecule has 35 heavy (non-hydrogen) atoms. The third kappa shape index (κ3) is 8.30. The zero-order valence-corrected chi connectivity index (χ0v) is 21.4. The first-order valence-corrected chi connectivity index (χ1v) is 12.4. The van der Waals surface area contributed by atoms with Crippen molar-refractivity contribution in [3.05, 3.63) is 100 Å². The number of halogens is 2. The highest BCUT2D eigenvalue weighted by molar-refractivity contribution is 6.30. The van der Waals surface area contributed by atoms with Gasteiger partial charge in [-0.25, -0.2) is 0 Å². The van der Waals surface area contributed by atoms with Crippen molar-refractivity contribution in [3.8, 4) is 5.75 Å². The van der Waals surface area contributed by atoms with Crippen molar-refractivity contribution in [1.82, 2.24) is 10.2 Å². The van der Waals surface area contributed by atoms with Gasteiger partial charge in [0.05, 0.1) is 0 Å². The maximum atomic E-state index is 13.5. The summed E-state index contributed by atoms with van der Waals surface area (Å²) >= 11 is 12.3. The molecule has 0 saturated heterocycles. The highest BCUT2D eigenvalue weighted by Gasteiger charge is 2.31. The number of hydrogen-bond acceptors (Lipinski definition) is 3. The molecule has 0 saturated carbocycles. The number of hydrogen-bond donors (Lipinski definition) is 1. The molecule has 0 aliphatic heterocycles. The molecule has 3 aromatic carbocycles. The maximum absolute atomic E-state index is 13.5. The Morgan fingerprint density at radius 3 is 2.23 bits per heavy atom. The topological polar surface area (TPSA) is 58.6 Å². The van der Waals surface area contributed by atoms with E-state index in [-0.39, 0.29) is 31.0 Å². The van der Waals surface area contributed by atoms with Crippen LogP contribution in [0.5, 0.6) is 5.75 Å². The van der Waals surface area contributed by atoms with Crippen LogP contribution in [-0.2, 0) is 22.6 Å². The van der Waals surface area contributed by atoms with Gasteiger partial charge in [0.1, 0.15) is 11.8 Å². The molecule has 0 bridgehead atoms. The molecule has 0 aliphatic carbocycles. The van der Waals surface area contributed by atoms with E-state index in [9.17, 15) is 9.59 Å². The van der Waals surface area contributed by atoms with Crippen molar-refractivity contribution < 1.29 is 14.3 Å². The second kappa shape index (κ2) is 13.2. The van der Waals surface area contributed by atoms with Crippen LogP contribution in [0, 0.1) is 0 Å². The highest BCUT2D eigenvalue weighted by atomic mass is 35.5. The Morgan fingerprint density at radius 1 is 0.914 bits per heavy atom. The van der Waals surface area contributed by atoms with Crippen LogP contribution in [0.15, 0.2) is 78.9 Å². The van der Waals surface area contributed by atoms with E-state index < -0.39 is 6.04 Å². The summed E-state index contributed by atoms with van der Waals surface area (Å²) in [4.78, 5) is 28.6.